The van der Waals surface area contributed by atoms with E-state index < -0.39 is 4.92 Å². The molecular weight excluding hydrogens is 294 g/mol. The van der Waals surface area contributed by atoms with Gasteiger partial charge in [0.25, 0.3) is 0 Å². The third-order valence-electron chi connectivity index (χ3n) is 2.22. The highest BCUT2D eigenvalue weighted by Crippen LogP contribution is 2.31. The maximum atomic E-state index is 11.3. The van der Waals surface area contributed by atoms with E-state index in [-0.39, 0.29) is 22.9 Å². The van der Waals surface area contributed by atoms with Crippen LogP contribution in [0, 0.1) is 10.1 Å². The number of nitrogens with zero attached hydrogens (tertiary/aromatic N) is 4. The van der Waals surface area contributed by atoms with Crippen LogP contribution in [0.3, 0.4) is 0 Å². The number of hydrazine groups is 1. The van der Waals surface area contributed by atoms with Crippen LogP contribution in [0.4, 0.5) is 22.5 Å². The van der Waals surface area contributed by atoms with Crippen LogP contribution in [0.2, 0.25) is 0 Å². The summed E-state index contributed by atoms with van der Waals surface area (Å²) in [5.74, 6) is 0.173. The summed E-state index contributed by atoms with van der Waals surface area (Å²) in [4.78, 5) is 22.6. The summed E-state index contributed by atoms with van der Waals surface area (Å²) < 4.78 is 0. The Bertz CT molecular complexity index is 624. The molecule has 0 spiro atoms. The molecule has 0 saturated carbocycles. The fourth-order valence-electron chi connectivity index (χ4n) is 1.37. The first-order chi connectivity index (χ1) is 9.87. The monoisotopic (exact) mass is 309 g/mol. The normalized spacial score (nSPS) is 11.2. The second-order valence-corrected chi connectivity index (χ2v) is 6.03. The molecule has 21 heavy (non-hydrogen) atoms. The predicted molar refractivity (Wildman–Crippen MR) is 80.6 cm³/mol. The summed E-state index contributed by atoms with van der Waals surface area (Å²) in [7, 11) is 0. The van der Waals surface area contributed by atoms with E-state index in [2.05, 4.69) is 31.1 Å². The van der Waals surface area contributed by atoms with Gasteiger partial charge in [0.15, 0.2) is 5.13 Å². The number of nitro groups is 1. The zero-order valence-corrected chi connectivity index (χ0v) is 12.6. The Morgan fingerprint density at radius 3 is 2.52 bits per heavy atom. The number of hydrogen-bond acceptors (Lipinski definition) is 9. The lowest BCUT2D eigenvalue weighted by atomic mass is 10.1. The molecule has 0 aromatic carbocycles. The second-order valence-electron chi connectivity index (χ2n) is 5.14. The Kier molecular flexibility index (Phi) is 4.29. The van der Waals surface area contributed by atoms with E-state index in [1.54, 1.807) is 11.6 Å². The van der Waals surface area contributed by atoms with Crippen LogP contribution in [0.5, 0.6) is 0 Å². The van der Waals surface area contributed by atoms with Crippen molar-refractivity contribution in [3.8, 4) is 0 Å². The van der Waals surface area contributed by atoms with Crippen molar-refractivity contribution in [3.63, 3.8) is 0 Å². The molecule has 0 unspecified atom stereocenters. The molecule has 2 heterocycles. The van der Waals surface area contributed by atoms with Crippen molar-refractivity contribution in [2.75, 3.05) is 10.7 Å². The molecule has 3 N–H and O–H groups in total. The molecule has 0 radical (unpaired) electrons. The van der Waals surface area contributed by atoms with Gasteiger partial charge in [-0.2, -0.15) is 0 Å². The smallest absolute Gasteiger partial charge is 0.310 e. The van der Waals surface area contributed by atoms with Crippen LogP contribution in [-0.4, -0.2) is 25.4 Å². The van der Waals surface area contributed by atoms with Gasteiger partial charge in [-0.15, -0.1) is 11.3 Å². The van der Waals surface area contributed by atoms with Gasteiger partial charge in [0.05, 0.1) is 4.92 Å². The molecule has 0 saturated heterocycles. The molecule has 2 rings (SSSR count). The molecular formula is C11H15N7O2S. The van der Waals surface area contributed by atoms with Gasteiger partial charge < -0.3 is 5.32 Å². The zero-order valence-electron chi connectivity index (χ0n) is 11.7. The minimum atomic E-state index is -0.539. The molecule has 0 aliphatic carbocycles. The lowest BCUT2D eigenvalue weighted by Gasteiger charge is -2.21. The average molecular weight is 309 g/mol. The summed E-state index contributed by atoms with van der Waals surface area (Å²) >= 11 is 1.32. The molecule has 2 aromatic heterocycles. The van der Waals surface area contributed by atoms with Crippen LogP contribution in [0.1, 0.15) is 20.8 Å². The van der Waals surface area contributed by atoms with Gasteiger partial charge in [-0.05, 0) is 20.8 Å². The van der Waals surface area contributed by atoms with Gasteiger partial charge >= 0.3 is 5.69 Å². The molecule has 0 bridgehead atoms. The van der Waals surface area contributed by atoms with Crippen LogP contribution in [0.25, 0.3) is 0 Å². The Morgan fingerprint density at radius 1 is 1.24 bits per heavy atom. The molecule has 10 heteroatoms. The molecule has 112 valence electrons. The number of anilines is 3. The highest BCUT2D eigenvalue weighted by atomic mass is 32.1. The van der Waals surface area contributed by atoms with Crippen LogP contribution >= 0.6 is 11.3 Å². The third kappa shape index (κ3) is 4.07. The molecule has 0 fully saturated rings. The average Bonchev–Trinajstić information content (AvgIpc) is 2.88. The summed E-state index contributed by atoms with van der Waals surface area (Å²) in [6, 6.07) is 0. The first-order valence-electron chi connectivity index (χ1n) is 6.06. The number of thiazole rings is 1. The van der Waals surface area contributed by atoms with Crippen LogP contribution < -0.4 is 16.2 Å². The molecule has 0 amide bonds. The van der Waals surface area contributed by atoms with Crippen molar-refractivity contribution in [2.24, 2.45) is 0 Å². The summed E-state index contributed by atoms with van der Waals surface area (Å²) in [6.07, 6.45) is 2.84. The van der Waals surface area contributed by atoms with E-state index in [1.807, 2.05) is 20.8 Å². The number of rotatable bonds is 5. The fraction of sp³-hybridized carbons (Fsp3) is 0.364. The van der Waals surface area contributed by atoms with E-state index in [9.17, 15) is 10.1 Å². The minimum absolute atomic E-state index is 0.0863. The number of aromatic nitrogens is 3. The van der Waals surface area contributed by atoms with Gasteiger partial charge in [-0.3, -0.25) is 15.5 Å². The maximum absolute atomic E-state index is 11.3. The van der Waals surface area contributed by atoms with Crippen LogP contribution in [-0.2, 0) is 0 Å². The minimum Gasteiger partial charge on any atom is -0.310 e. The quantitative estimate of drug-likeness (QED) is 0.568. The Labute approximate surface area is 125 Å². The second kappa shape index (κ2) is 5.97. The number of nitrogens with one attached hydrogen (secondary N) is 3. The third-order valence-corrected chi connectivity index (χ3v) is 2.91. The van der Waals surface area contributed by atoms with Crippen molar-refractivity contribution in [2.45, 2.75) is 26.3 Å². The van der Waals surface area contributed by atoms with Crippen molar-refractivity contribution < 1.29 is 4.92 Å². The topological polar surface area (TPSA) is 118 Å². The largest absolute Gasteiger partial charge is 0.354 e. The van der Waals surface area contributed by atoms with Crippen molar-refractivity contribution in [3.05, 3.63) is 28.0 Å². The van der Waals surface area contributed by atoms with Gasteiger partial charge in [0.1, 0.15) is 6.33 Å². The molecule has 2 aromatic rings. The predicted octanol–water partition coefficient (Wildman–Crippen LogP) is 2.30. The van der Waals surface area contributed by atoms with Crippen LogP contribution in [0.15, 0.2) is 17.9 Å². The lowest BCUT2D eigenvalue weighted by Crippen LogP contribution is -2.40. The Hall–Kier alpha value is -2.33. The Morgan fingerprint density at radius 2 is 1.95 bits per heavy atom. The zero-order chi connectivity index (χ0) is 15.5. The number of hydrogen-bond donors (Lipinski definition) is 3. The molecule has 0 aliphatic rings. The Balaban J connectivity index is 2.30. The highest BCUT2D eigenvalue weighted by molar-refractivity contribution is 7.13. The summed E-state index contributed by atoms with van der Waals surface area (Å²) in [5.41, 5.74) is 5.17. The van der Waals surface area contributed by atoms with E-state index in [0.29, 0.717) is 5.13 Å². The van der Waals surface area contributed by atoms with Gasteiger partial charge in [0.2, 0.25) is 11.6 Å². The van der Waals surface area contributed by atoms with Gasteiger partial charge in [-0.25, -0.2) is 20.4 Å². The molecule has 9 nitrogen and oxygen atoms in total. The highest BCUT2D eigenvalue weighted by Gasteiger charge is 2.24. The van der Waals surface area contributed by atoms with Crippen molar-refractivity contribution in [1.82, 2.24) is 20.4 Å². The molecule has 0 atom stereocenters. The standard InChI is InChI=1S/C11H15N7O2S/c1-11(2,3)17-16-9-7(18(19)20)8(13-6-14-9)15-10-12-4-5-21-10/h4-6,17H,1-3H3,(H2,12,13,14,15,16). The first kappa shape index (κ1) is 15.1. The van der Waals surface area contributed by atoms with E-state index >= 15 is 0 Å². The maximum Gasteiger partial charge on any atom is 0.354 e. The SMILES string of the molecule is CC(C)(C)NNc1ncnc(Nc2nccs2)c1[N+](=O)[O-]. The fourth-order valence-corrected chi connectivity index (χ4v) is 1.90. The van der Waals surface area contributed by atoms with Crippen molar-refractivity contribution in [1.29, 1.82) is 0 Å². The lowest BCUT2D eigenvalue weighted by molar-refractivity contribution is -0.383. The van der Waals surface area contributed by atoms with E-state index in [1.165, 1.54) is 17.7 Å². The van der Waals surface area contributed by atoms with E-state index in [4.69, 9.17) is 0 Å². The van der Waals surface area contributed by atoms with Crippen molar-refractivity contribution >= 4 is 33.8 Å². The van der Waals surface area contributed by atoms with E-state index in [0.717, 1.165) is 0 Å². The summed E-state index contributed by atoms with van der Waals surface area (Å²) in [5, 5.41) is 16.4. The molecule has 0 aliphatic heterocycles. The first-order valence-corrected chi connectivity index (χ1v) is 6.94. The van der Waals surface area contributed by atoms with Gasteiger partial charge in [-0.1, -0.05) is 0 Å². The van der Waals surface area contributed by atoms with Gasteiger partial charge in [0, 0.05) is 17.1 Å². The summed E-state index contributed by atoms with van der Waals surface area (Å²) in [6.45, 7) is 5.76.